The Balaban J connectivity index is 0.000000568. The average Bonchev–Trinajstić information content (AvgIpc) is 2.93. The van der Waals surface area contributed by atoms with Gasteiger partial charge in [0.25, 0.3) is 0 Å². The molecule has 2 heterocycles. The Kier molecular flexibility index (Phi) is 10.1. The lowest BCUT2D eigenvalue weighted by Crippen LogP contribution is -2.47. The number of piperazine rings is 1. The fourth-order valence-electron chi connectivity index (χ4n) is 4.07. The van der Waals surface area contributed by atoms with Crippen molar-refractivity contribution in [1.29, 1.82) is 0 Å². The van der Waals surface area contributed by atoms with Crippen LogP contribution in [0.4, 0.5) is 5.95 Å². The average molecular weight is 527 g/mol. The number of carboxylic acid groups (broad SMARTS) is 2. The van der Waals surface area contributed by atoms with Crippen LogP contribution in [0.15, 0.2) is 84.0 Å². The fraction of sp³-hybridized carbons (Fsp3) is 0.308. The Hall–Kier alpha value is -3.83. The van der Waals surface area contributed by atoms with E-state index in [1.165, 1.54) is 0 Å². The highest BCUT2D eigenvalue weighted by molar-refractivity contribution is 7.91. The van der Waals surface area contributed by atoms with E-state index in [0.717, 1.165) is 50.7 Å². The lowest BCUT2D eigenvalue weighted by molar-refractivity contribution is -0.159. The molecule has 0 radical (unpaired) electrons. The van der Waals surface area contributed by atoms with Crippen LogP contribution in [0.25, 0.3) is 0 Å². The van der Waals surface area contributed by atoms with Gasteiger partial charge in [-0.1, -0.05) is 48.5 Å². The summed E-state index contributed by atoms with van der Waals surface area (Å²) >= 11 is 0. The molecular weight excluding hydrogens is 496 g/mol. The van der Waals surface area contributed by atoms with E-state index in [2.05, 4.69) is 19.8 Å². The van der Waals surface area contributed by atoms with Gasteiger partial charge in [0.05, 0.1) is 10.1 Å². The van der Waals surface area contributed by atoms with Crippen molar-refractivity contribution < 1.29 is 28.2 Å². The highest BCUT2D eigenvalue weighted by Gasteiger charge is 2.29. The lowest BCUT2D eigenvalue weighted by atomic mass is 10.1. The van der Waals surface area contributed by atoms with E-state index in [1.807, 2.05) is 42.5 Å². The normalized spacial score (nSPS) is 14.8. The van der Waals surface area contributed by atoms with Gasteiger partial charge >= 0.3 is 11.9 Å². The molecule has 11 heteroatoms. The smallest absolute Gasteiger partial charge is 0.414 e. The minimum Gasteiger partial charge on any atom is -0.473 e. The molecule has 1 aliphatic heterocycles. The number of anilines is 1. The monoisotopic (exact) mass is 526 g/mol. The standard InChI is InChI=1S/C24H28N4O2S.C2H2O4/c29-31(30,22-11-5-2-6-12-22)23(21-9-3-1-4-10-21)13-7-16-27-17-19-28(20-18-27)24-25-14-8-15-26-24;3-1(4)2(5)6/h1-6,8-12,14-15,23H,7,13,16-20H2;(H,3,4)(H,5,6). The van der Waals surface area contributed by atoms with Gasteiger partial charge < -0.3 is 15.1 Å². The zero-order valence-electron chi connectivity index (χ0n) is 20.3. The topological polar surface area (TPSA) is 141 Å². The molecule has 2 aromatic carbocycles. The maximum atomic E-state index is 13.4. The molecule has 1 fully saturated rings. The van der Waals surface area contributed by atoms with Crippen LogP contribution in [0, 0.1) is 0 Å². The number of nitrogens with zero attached hydrogens (tertiary/aromatic N) is 4. The van der Waals surface area contributed by atoms with E-state index in [4.69, 9.17) is 19.8 Å². The molecule has 0 spiro atoms. The van der Waals surface area contributed by atoms with Crippen molar-refractivity contribution >= 4 is 27.7 Å². The molecule has 1 aliphatic rings. The van der Waals surface area contributed by atoms with E-state index < -0.39 is 27.0 Å². The SMILES string of the molecule is O=C(O)C(=O)O.O=S(=O)(c1ccccc1)C(CCCN1CCN(c2ncccn2)CC1)c1ccccc1. The summed E-state index contributed by atoms with van der Waals surface area (Å²) in [6.45, 7) is 4.51. The molecule has 0 amide bonds. The van der Waals surface area contributed by atoms with Gasteiger partial charge in [0.2, 0.25) is 5.95 Å². The maximum Gasteiger partial charge on any atom is 0.414 e. The number of benzene rings is 2. The van der Waals surface area contributed by atoms with Crippen LogP contribution in [-0.4, -0.2) is 78.2 Å². The van der Waals surface area contributed by atoms with Crippen molar-refractivity contribution in [3.05, 3.63) is 84.7 Å². The molecule has 1 saturated heterocycles. The van der Waals surface area contributed by atoms with Crippen LogP contribution < -0.4 is 4.90 Å². The minimum absolute atomic E-state index is 0.389. The van der Waals surface area contributed by atoms with Crippen molar-refractivity contribution in [2.24, 2.45) is 0 Å². The van der Waals surface area contributed by atoms with Crippen molar-refractivity contribution in [2.45, 2.75) is 23.0 Å². The van der Waals surface area contributed by atoms with Crippen LogP contribution >= 0.6 is 0 Å². The quantitative estimate of drug-likeness (QED) is 0.421. The Labute approximate surface area is 216 Å². The zero-order chi connectivity index (χ0) is 26.7. The van der Waals surface area contributed by atoms with Gasteiger partial charge in [-0.25, -0.2) is 28.0 Å². The van der Waals surface area contributed by atoms with Gasteiger partial charge in [-0.05, 0) is 43.1 Å². The third kappa shape index (κ3) is 8.09. The Morgan fingerprint density at radius 2 is 1.35 bits per heavy atom. The molecule has 1 unspecified atom stereocenters. The van der Waals surface area contributed by atoms with Gasteiger partial charge in [-0.2, -0.15) is 0 Å². The third-order valence-electron chi connectivity index (χ3n) is 5.95. The second kappa shape index (κ2) is 13.5. The van der Waals surface area contributed by atoms with Crippen molar-refractivity contribution in [3.8, 4) is 0 Å². The molecular formula is C26H30N4O6S. The van der Waals surface area contributed by atoms with Crippen LogP contribution in [0.2, 0.25) is 0 Å². The molecule has 196 valence electrons. The molecule has 0 saturated carbocycles. The second-order valence-corrected chi connectivity index (χ2v) is 10.5. The van der Waals surface area contributed by atoms with Gasteiger partial charge in [0, 0.05) is 38.6 Å². The van der Waals surface area contributed by atoms with Gasteiger partial charge in [0.1, 0.15) is 0 Å². The number of rotatable bonds is 8. The van der Waals surface area contributed by atoms with E-state index in [0.29, 0.717) is 11.3 Å². The predicted molar refractivity (Wildman–Crippen MR) is 138 cm³/mol. The number of hydrogen-bond acceptors (Lipinski definition) is 8. The molecule has 1 atom stereocenters. The number of carbonyl (C=O) groups is 2. The molecule has 37 heavy (non-hydrogen) atoms. The first-order valence-electron chi connectivity index (χ1n) is 11.8. The predicted octanol–water partition coefficient (Wildman–Crippen LogP) is 2.75. The van der Waals surface area contributed by atoms with Crippen LogP contribution in [-0.2, 0) is 19.4 Å². The van der Waals surface area contributed by atoms with Gasteiger partial charge in [0.15, 0.2) is 9.84 Å². The van der Waals surface area contributed by atoms with E-state index in [-0.39, 0.29) is 0 Å². The summed E-state index contributed by atoms with van der Waals surface area (Å²) in [4.78, 5) is 31.8. The molecule has 0 aliphatic carbocycles. The van der Waals surface area contributed by atoms with Crippen molar-refractivity contribution in [1.82, 2.24) is 14.9 Å². The van der Waals surface area contributed by atoms with Crippen LogP contribution in [0.3, 0.4) is 0 Å². The molecule has 0 bridgehead atoms. The number of sulfone groups is 1. The summed E-state index contributed by atoms with van der Waals surface area (Å²) < 4.78 is 26.8. The third-order valence-corrected chi connectivity index (χ3v) is 8.13. The van der Waals surface area contributed by atoms with Gasteiger partial charge in [-0.3, -0.25) is 4.90 Å². The molecule has 3 aromatic rings. The Morgan fingerprint density at radius 3 is 1.89 bits per heavy atom. The highest BCUT2D eigenvalue weighted by Crippen LogP contribution is 2.32. The number of aromatic nitrogens is 2. The summed E-state index contributed by atoms with van der Waals surface area (Å²) in [6.07, 6.45) is 4.97. The number of carboxylic acids is 2. The first kappa shape index (κ1) is 27.8. The minimum atomic E-state index is -3.45. The van der Waals surface area contributed by atoms with E-state index in [1.54, 1.807) is 36.7 Å². The summed E-state index contributed by atoms with van der Waals surface area (Å²) in [5.41, 5.74) is 0.859. The second-order valence-electron chi connectivity index (χ2n) is 8.39. The Bertz CT molecular complexity index is 1220. The summed E-state index contributed by atoms with van der Waals surface area (Å²) in [5, 5.41) is 14.3. The van der Waals surface area contributed by atoms with E-state index >= 15 is 0 Å². The lowest BCUT2D eigenvalue weighted by Gasteiger charge is -2.34. The summed E-state index contributed by atoms with van der Waals surface area (Å²) in [6, 6.07) is 20.2. The van der Waals surface area contributed by atoms with Crippen LogP contribution in [0.5, 0.6) is 0 Å². The molecule has 1 aromatic heterocycles. The molecule has 4 rings (SSSR count). The largest absolute Gasteiger partial charge is 0.473 e. The highest BCUT2D eigenvalue weighted by atomic mass is 32.2. The zero-order valence-corrected chi connectivity index (χ0v) is 21.1. The fourth-order valence-corrected chi connectivity index (χ4v) is 5.93. The number of aliphatic carboxylic acids is 2. The van der Waals surface area contributed by atoms with Crippen LogP contribution in [0.1, 0.15) is 23.7 Å². The van der Waals surface area contributed by atoms with Crippen molar-refractivity contribution in [2.75, 3.05) is 37.6 Å². The molecule has 2 N–H and O–H groups in total. The summed E-state index contributed by atoms with van der Waals surface area (Å²) in [7, 11) is -3.45. The van der Waals surface area contributed by atoms with E-state index in [9.17, 15) is 8.42 Å². The number of hydrogen-bond donors (Lipinski definition) is 2. The summed E-state index contributed by atoms with van der Waals surface area (Å²) in [5.74, 6) is -2.87. The Morgan fingerprint density at radius 1 is 0.811 bits per heavy atom. The first-order chi connectivity index (χ1) is 17.8. The van der Waals surface area contributed by atoms with Gasteiger partial charge in [-0.15, -0.1) is 0 Å². The first-order valence-corrected chi connectivity index (χ1v) is 13.4. The molecule has 10 nitrogen and oxygen atoms in total. The van der Waals surface area contributed by atoms with Crippen molar-refractivity contribution in [3.63, 3.8) is 0 Å². The maximum absolute atomic E-state index is 13.4.